The summed E-state index contributed by atoms with van der Waals surface area (Å²) in [7, 11) is 0. The Labute approximate surface area is 59.2 Å². The Morgan fingerprint density at radius 3 is 2.90 bits per heavy atom. The highest BCUT2D eigenvalue weighted by molar-refractivity contribution is 5.81. The van der Waals surface area contributed by atoms with Crippen LogP contribution in [-0.4, -0.2) is 23.9 Å². The summed E-state index contributed by atoms with van der Waals surface area (Å²) < 4.78 is 0. The van der Waals surface area contributed by atoms with E-state index in [1.54, 1.807) is 0 Å². The van der Waals surface area contributed by atoms with Crippen molar-refractivity contribution in [2.45, 2.75) is 13.3 Å². The predicted octanol–water partition coefficient (Wildman–Crippen LogP) is -0.484. The van der Waals surface area contributed by atoms with Crippen molar-refractivity contribution >= 4 is 12.3 Å². The predicted molar refractivity (Wildman–Crippen MR) is 34.7 cm³/mol. The maximum absolute atomic E-state index is 11.0. The molecule has 0 bridgehead atoms. The molecule has 0 radical (unpaired) electrons. The van der Waals surface area contributed by atoms with Gasteiger partial charge in [-0.2, -0.15) is 0 Å². The number of nitrogens with one attached hydrogen (secondary N) is 1. The summed E-state index contributed by atoms with van der Waals surface area (Å²) >= 11 is 0. The lowest BCUT2D eigenvalue weighted by atomic mass is 10.1. The number of amides is 2. The lowest BCUT2D eigenvalue weighted by Gasteiger charge is -2.12. The van der Waals surface area contributed by atoms with E-state index in [2.05, 4.69) is 5.43 Å². The number of nitrogens with zero attached hydrogens (tertiary/aromatic N) is 1. The molecule has 0 aromatic rings. The normalized spacial score (nSPS) is 25.1. The van der Waals surface area contributed by atoms with Gasteiger partial charge in [-0.15, -0.1) is 0 Å². The van der Waals surface area contributed by atoms with Gasteiger partial charge >= 0.3 is 0 Å². The van der Waals surface area contributed by atoms with Crippen LogP contribution in [0, 0.1) is 5.92 Å². The summed E-state index contributed by atoms with van der Waals surface area (Å²) in [5.41, 5.74) is 2.33. The highest BCUT2D eigenvalue weighted by atomic mass is 16.2. The van der Waals surface area contributed by atoms with Crippen LogP contribution in [0.2, 0.25) is 0 Å². The molecule has 0 aromatic heterocycles. The fourth-order valence-corrected chi connectivity index (χ4v) is 1.01. The molecule has 1 aliphatic rings. The fourth-order valence-electron chi connectivity index (χ4n) is 1.01. The van der Waals surface area contributed by atoms with Crippen LogP contribution >= 0.6 is 0 Å². The van der Waals surface area contributed by atoms with Gasteiger partial charge in [0.25, 0.3) is 0 Å². The summed E-state index contributed by atoms with van der Waals surface area (Å²) in [5.74, 6) is 0.0690. The van der Waals surface area contributed by atoms with Crippen LogP contribution in [0.1, 0.15) is 13.3 Å². The van der Waals surface area contributed by atoms with Crippen LogP contribution in [0.25, 0.3) is 0 Å². The highest BCUT2D eigenvalue weighted by Crippen LogP contribution is 2.13. The van der Waals surface area contributed by atoms with Crippen LogP contribution in [-0.2, 0) is 9.59 Å². The maximum atomic E-state index is 11.0. The molecule has 1 atom stereocenters. The van der Waals surface area contributed by atoms with Gasteiger partial charge in [0.05, 0.1) is 0 Å². The molecule has 1 aliphatic heterocycles. The van der Waals surface area contributed by atoms with Gasteiger partial charge in [-0.1, -0.05) is 6.92 Å². The molecule has 4 heteroatoms. The molecule has 0 aromatic carbocycles. The van der Waals surface area contributed by atoms with Gasteiger partial charge in [-0.3, -0.25) is 20.0 Å². The topological polar surface area (TPSA) is 49.4 Å². The molecule has 1 heterocycles. The second-order valence-corrected chi connectivity index (χ2v) is 2.43. The molecule has 10 heavy (non-hydrogen) atoms. The van der Waals surface area contributed by atoms with Crippen molar-refractivity contribution in [1.29, 1.82) is 0 Å². The van der Waals surface area contributed by atoms with Crippen molar-refractivity contribution in [1.82, 2.24) is 10.4 Å². The van der Waals surface area contributed by atoms with E-state index in [4.69, 9.17) is 0 Å². The first-order valence-corrected chi connectivity index (χ1v) is 3.27. The van der Waals surface area contributed by atoms with E-state index in [0.717, 1.165) is 6.42 Å². The van der Waals surface area contributed by atoms with Crippen LogP contribution in [0.15, 0.2) is 0 Å². The molecule has 2 amide bonds. The molecule has 1 fully saturated rings. The largest absolute Gasteiger partial charge is 0.277 e. The lowest BCUT2D eigenvalue weighted by molar-refractivity contribution is -0.136. The third kappa shape index (κ3) is 1.10. The zero-order valence-corrected chi connectivity index (χ0v) is 5.83. The molecule has 1 unspecified atom stereocenters. The minimum Gasteiger partial charge on any atom is -0.277 e. The third-order valence-electron chi connectivity index (χ3n) is 1.68. The zero-order valence-electron chi connectivity index (χ0n) is 5.83. The van der Waals surface area contributed by atoms with Crippen molar-refractivity contribution < 1.29 is 9.59 Å². The summed E-state index contributed by atoms with van der Waals surface area (Å²) in [4.78, 5) is 20.9. The van der Waals surface area contributed by atoms with E-state index in [0.29, 0.717) is 13.0 Å². The number of hydrogen-bond acceptors (Lipinski definition) is 2. The Morgan fingerprint density at radius 1 is 1.80 bits per heavy atom. The average Bonchev–Trinajstić information content (AvgIpc) is 2.20. The van der Waals surface area contributed by atoms with E-state index in [-0.39, 0.29) is 11.8 Å². The Bertz CT molecular complexity index is 158. The molecule has 1 rings (SSSR count). The van der Waals surface area contributed by atoms with Crippen molar-refractivity contribution in [2.24, 2.45) is 5.92 Å². The molecule has 0 spiro atoms. The van der Waals surface area contributed by atoms with Crippen LogP contribution in [0.4, 0.5) is 0 Å². The lowest BCUT2D eigenvalue weighted by Crippen LogP contribution is -2.38. The Balaban J connectivity index is 2.48. The first kappa shape index (κ1) is 7.05. The van der Waals surface area contributed by atoms with E-state index < -0.39 is 0 Å². The number of hydrazine groups is 1. The minimum atomic E-state index is 0.00657. The van der Waals surface area contributed by atoms with Gasteiger partial charge in [0.1, 0.15) is 0 Å². The Kier molecular flexibility index (Phi) is 1.89. The van der Waals surface area contributed by atoms with Crippen LogP contribution < -0.4 is 5.43 Å². The van der Waals surface area contributed by atoms with Crippen molar-refractivity contribution in [3.05, 3.63) is 0 Å². The standard InChI is InChI=1S/C6H10N2O2/c1-5-2-3-8(6(5)10)7-4-9/h4-5H,2-3H2,1H3,(H,7,9). The zero-order chi connectivity index (χ0) is 7.56. The minimum absolute atomic E-state index is 0.00657. The molecule has 56 valence electrons. The SMILES string of the molecule is CC1CCN(NC=O)C1=O. The summed E-state index contributed by atoms with van der Waals surface area (Å²) in [6.07, 6.45) is 1.36. The second kappa shape index (κ2) is 2.68. The molecular formula is C6H10N2O2. The summed E-state index contributed by atoms with van der Waals surface area (Å²) in [6.45, 7) is 2.49. The van der Waals surface area contributed by atoms with E-state index in [1.807, 2.05) is 6.92 Å². The average molecular weight is 142 g/mol. The number of carbonyl (C=O) groups is 2. The second-order valence-electron chi connectivity index (χ2n) is 2.43. The third-order valence-corrected chi connectivity index (χ3v) is 1.68. The molecule has 0 saturated carbocycles. The van der Waals surface area contributed by atoms with E-state index in [1.165, 1.54) is 5.01 Å². The highest BCUT2D eigenvalue weighted by Gasteiger charge is 2.27. The Hall–Kier alpha value is -1.06. The van der Waals surface area contributed by atoms with Gasteiger partial charge < -0.3 is 0 Å². The maximum Gasteiger partial charge on any atom is 0.243 e. The van der Waals surface area contributed by atoms with Gasteiger partial charge in [0.2, 0.25) is 12.3 Å². The number of carbonyl (C=O) groups excluding carboxylic acids is 2. The van der Waals surface area contributed by atoms with Crippen LogP contribution in [0.5, 0.6) is 0 Å². The van der Waals surface area contributed by atoms with Crippen molar-refractivity contribution in [3.63, 3.8) is 0 Å². The summed E-state index contributed by atoms with van der Waals surface area (Å²) in [5, 5.41) is 1.34. The van der Waals surface area contributed by atoms with Gasteiger partial charge in [-0.05, 0) is 6.42 Å². The first-order chi connectivity index (χ1) is 4.75. The molecule has 1 N–H and O–H groups in total. The van der Waals surface area contributed by atoms with Gasteiger partial charge in [-0.25, -0.2) is 0 Å². The van der Waals surface area contributed by atoms with Crippen molar-refractivity contribution in [3.8, 4) is 0 Å². The quantitative estimate of drug-likeness (QED) is 0.529. The molecule has 1 saturated heterocycles. The number of hydrogen-bond donors (Lipinski definition) is 1. The molecular weight excluding hydrogens is 132 g/mol. The summed E-state index contributed by atoms with van der Waals surface area (Å²) in [6, 6.07) is 0. The monoisotopic (exact) mass is 142 g/mol. The van der Waals surface area contributed by atoms with Gasteiger partial charge in [0, 0.05) is 12.5 Å². The molecule has 0 aliphatic carbocycles. The van der Waals surface area contributed by atoms with Crippen molar-refractivity contribution in [2.75, 3.05) is 6.54 Å². The fraction of sp³-hybridized carbons (Fsp3) is 0.667. The molecule has 4 nitrogen and oxygen atoms in total. The first-order valence-electron chi connectivity index (χ1n) is 3.27. The van der Waals surface area contributed by atoms with Crippen LogP contribution in [0.3, 0.4) is 0 Å². The Morgan fingerprint density at radius 2 is 2.50 bits per heavy atom. The van der Waals surface area contributed by atoms with E-state index >= 15 is 0 Å². The number of rotatable bonds is 2. The van der Waals surface area contributed by atoms with Gasteiger partial charge in [0.15, 0.2) is 0 Å². The smallest absolute Gasteiger partial charge is 0.243 e. The van der Waals surface area contributed by atoms with E-state index in [9.17, 15) is 9.59 Å².